The van der Waals surface area contributed by atoms with Crippen molar-refractivity contribution in [2.45, 2.75) is 44.8 Å². The zero-order chi connectivity index (χ0) is 8.69. The molecule has 0 radical (unpaired) electrons. The summed E-state index contributed by atoms with van der Waals surface area (Å²) in [4.78, 5) is 9.91. The standard InChI is InChI=1S/C8H16O3/c1-2-7(10)3-4-8(11)5-6-9/h6-8,10-11H,2-5H2,1H3. The predicted molar refractivity (Wildman–Crippen MR) is 42.2 cm³/mol. The Bertz CT molecular complexity index is 104. The van der Waals surface area contributed by atoms with Gasteiger partial charge in [-0.1, -0.05) is 6.92 Å². The molecule has 66 valence electrons. The molecule has 0 heterocycles. The minimum atomic E-state index is -0.575. The second-order valence-electron chi connectivity index (χ2n) is 2.70. The molecule has 2 atom stereocenters. The molecule has 0 spiro atoms. The third-order valence-corrected chi connectivity index (χ3v) is 1.67. The van der Waals surface area contributed by atoms with Gasteiger partial charge in [-0.05, 0) is 19.3 Å². The van der Waals surface area contributed by atoms with Crippen LogP contribution in [-0.4, -0.2) is 28.7 Å². The van der Waals surface area contributed by atoms with Gasteiger partial charge in [0.05, 0.1) is 12.2 Å². The highest BCUT2D eigenvalue weighted by Crippen LogP contribution is 2.05. The van der Waals surface area contributed by atoms with Crippen LogP contribution in [0.25, 0.3) is 0 Å². The SMILES string of the molecule is CCC(O)CCC(O)CC=O. The van der Waals surface area contributed by atoms with Crippen molar-refractivity contribution in [3.05, 3.63) is 0 Å². The highest BCUT2D eigenvalue weighted by Gasteiger charge is 2.06. The van der Waals surface area contributed by atoms with E-state index in [-0.39, 0.29) is 12.5 Å². The van der Waals surface area contributed by atoms with E-state index in [1.54, 1.807) is 0 Å². The molecule has 11 heavy (non-hydrogen) atoms. The molecule has 2 N–H and O–H groups in total. The van der Waals surface area contributed by atoms with Crippen molar-refractivity contribution in [1.82, 2.24) is 0 Å². The molecular formula is C8H16O3. The molecular weight excluding hydrogens is 144 g/mol. The molecule has 0 aliphatic heterocycles. The fraction of sp³-hybridized carbons (Fsp3) is 0.875. The molecule has 0 rings (SSSR count). The van der Waals surface area contributed by atoms with E-state index in [1.165, 1.54) is 0 Å². The van der Waals surface area contributed by atoms with Crippen LogP contribution in [-0.2, 0) is 4.79 Å². The first-order chi connectivity index (χ1) is 5.20. The lowest BCUT2D eigenvalue weighted by molar-refractivity contribution is -0.109. The van der Waals surface area contributed by atoms with Gasteiger partial charge in [-0.2, -0.15) is 0 Å². The fourth-order valence-electron chi connectivity index (χ4n) is 0.818. The van der Waals surface area contributed by atoms with Crippen LogP contribution in [0.5, 0.6) is 0 Å². The molecule has 0 aliphatic carbocycles. The second-order valence-corrected chi connectivity index (χ2v) is 2.70. The van der Waals surface area contributed by atoms with Crippen molar-refractivity contribution in [3.8, 4) is 0 Å². The van der Waals surface area contributed by atoms with Gasteiger partial charge in [-0.25, -0.2) is 0 Å². The number of aliphatic hydroxyl groups excluding tert-OH is 2. The fourth-order valence-corrected chi connectivity index (χ4v) is 0.818. The van der Waals surface area contributed by atoms with Gasteiger partial charge >= 0.3 is 0 Å². The van der Waals surface area contributed by atoms with Gasteiger partial charge in [0.2, 0.25) is 0 Å². The molecule has 2 unspecified atom stereocenters. The van der Waals surface area contributed by atoms with Crippen LogP contribution in [0.15, 0.2) is 0 Å². The van der Waals surface area contributed by atoms with E-state index in [2.05, 4.69) is 0 Å². The van der Waals surface area contributed by atoms with Gasteiger partial charge in [0.25, 0.3) is 0 Å². The quantitative estimate of drug-likeness (QED) is 0.556. The molecule has 0 saturated heterocycles. The Hall–Kier alpha value is -0.410. The molecule has 0 bridgehead atoms. The summed E-state index contributed by atoms with van der Waals surface area (Å²) in [6.07, 6.45) is 1.75. The monoisotopic (exact) mass is 160 g/mol. The average Bonchev–Trinajstić information content (AvgIpc) is 2.01. The predicted octanol–water partition coefficient (Wildman–Crippen LogP) is 0.487. The van der Waals surface area contributed by atoms with E-state index >= 15 is 0 Å². The largest absolute Gasteiger partial charge is 0.393 e. The van der Waals surface area contributed by atoms with Gasteiger partial charge < -0.3 is 15.0 Å². The smallest absolute Gasteiger partial charge is 0.122 e. The Balaban J connectivity index is 3.29. The summed E-state index contributed by atoms with van der Waals surface area (Å²) < 4.78 is 0. The lowest BCUT2D eigenvalue weighted by Gasteiger charge is -2.09. The third kappa shape index (κ3) is 6.01. The molecule has 0 aromatic rings. The van der Waals surface area contributed by atoms with Crippen LogP contribution in [0, 0.1) is 0 Å². The van der Waals surface area contributed by atoms with Crippen molar-refractivity contribution in [1.29, 1.82) is 0 Å². The highest BCUT2D eigenvalue weighted by molar-refractivity contribution is 5.49. The summed E-state index contributed by atoms with van der Waals surface area (Å²) in [6, 6.07) is 0. The Morgan fingerprint density at radius 2 is 1.82 bits per heavy atom. The number of hydrogen-bond donors (Lipinski definition) is 2. The molecule has 0 aromatic carbocycles. The van der Waals surface area contributed by atoms with Crippen LogP contribution in [0.1, 0.15) is 32.6 Å². The number of aliphatic hydroxyl groups is 2. The van der Waals surface area contributed by atoms with E-state index in [1.807, 2.05) is 6.92 Å². The molecule has 3 heteroatoms. The van der Waals surface area contributed by atoms with E-state index < -0.39 is 6.10 Å². The van der Waals surface area contributed by atoms with Crippen molar-refractivity contribution >= 4 is 6.29 Å². The van der Waals surface area contributed by atoms with Crippen LogP contribution in [0.3, 0.4) is 0 Å². The van der Waals surface area contributed by atoms with E-state index in [0.717, 1.165) is 0 Å². The van der Waals surface area contributed by atoms with Crippen molar-refractivity contribution in [2.75, 3.05) is 0 Å². The lowest BCUT2D eigenvalue weighted by Crippen LogP contribution is -2.12. The molecule has 3 nitrogen and oxygen atoms in total. The first kappa shape index (κ1) is 10.6. The van der Waals surface area contributed by atoms with Gasteiger partial charge in [0.1, 0.15) is 6.29 Å². The summed E-state index contributed by atoms with van der Waals surface area (Å²) in [7, 11) is 0. The average molecular weight is 160 g/mol. The van der Waals surface area contributed by atoms with E-state index in [0.29, 0.717) is 25.5 Å². The Kier molecular flexibility index (Phi) is 6.07. The van der Waals surface area contributed by atoms with Crippen molar-refractivity contribution in [2.24, 2.45) is 0 Å². The summed E-state index contributed by atoms with van der Waals surface area (Å²) in [5.74, 6) is 0. The molecule has 0 aliphatic rings. The van der Waals surface area contributed by atoms with Gasteiger partial charge in [-0.3, -0.25) is 0 Å². The molecule has 0 fully saturated rings. The second kappa shape index (κ2) is 6.31. The maximum atomic E-state index is 9.91. The number of carbonyl (C=O) groups is 1. The molecule has 0 amide bonds. The lowest BCUT2D eigenvalue weighted by atomic mass is 10.1. The van der Waals surface area contributed by atoms with Crippen molar-refractivity contribution in [3.63, 3.8) is 0 Å². The maximum Gasteiger partial charge on any atom is 0.122 e. The molecule has 0 aromatic heterocycles. The van der Waals surface area contributed by atoms with E-state index in [4.69, 9.17) is 10.2 Å². The number of hydrogen-bond acceptors (Lipinski definition) is 3. The van der Waals surface area contributed by atoms with Crippen LogP contribution >= 0.6 is 0 Å². The normalized spacial score (nSPS) is 15.9. The number of rotatable bonds is 6. The van der Waals surface area contributed by atoms with Gasteiger partial charge in [-0.15, -0.1) is 0 Å². The topological polar surface area (TPSA) is 57.5 Å². The number of carbonyl (C=O) groups excluding carboxylic acids is 1. The first-order valence-corrected chi connectivity index (χ1v) is 4.00. The van der Waals surface area contributed by atoms with Gasteiger partial charge in [0, 0.05) is 6.42 Å². The van der Waals surface area contributed by atoms with Gasteiger partial charge in [0.15, 0.2) is 0 Å². The zero-order valence-corrected chi connectivity index (χ0v) is 6.86. The van der Waals surface area contributed by atoms with Crippen LogP contribution in [0.2, 0.25) is 0 Å². The Labute approximate surface area is 67.0 Å². The third-order valence-electron chi connectivity index (χ3n) is 1.67. The summed E-state index contributed by atoms with van der Waals surface area (Å²) in [5, 5.41) is 18.1. The van der Waals surface area contributed by atoms with Crippen LogP contribution < -0.4 is 0 Å². The number of aldehydes is 1. The summed E-state index contributed by atoms with van der Waals surface area (Å²) in [5.41, 5.74) is 0. The Morgan fingerprint density at radius 3 is 2.27 bits per heavy atom. The van der Waals surface area contributed by atoms with E-state index in [9.17, 15) is 4.79 Å². The minimum absolute atomic E-state index is 0.177. The highest BCUT2D eigenvalue weighted by atomic mass is 16.3. The van der Waals surface area contributed by atoms with Crippen LogP contribution in [0.4, 0.5) is 0 Å². The Morgan fingerprint density at radius 1 is 1.27 bits per heavy atom. The zero-order valence-electron chi connectivity index (χ0n) is 6.86. The summed E-state index contributed by atoms with van der Waals surface area (Å²) in [6.45, 7) is 1.89. The van der Waals surface area contributed by atoms with Crippen molar-refractivity contribution < 1.29 is 15.0 Å². The summed E-state index contributed by atoms with van der Waals surface area (Å²) >= 11 is 0. The minimum Gasteiger partial charge on any atom is -0.393 e. The maximum absolute atomic E-state index is 9.91. The first-order valence-electron chi connectivity index (χ1n) is 4.00. The molecule has 0 saturated carbocycles.